The number of hydrogen-bond donors (Lipinski definition) is 1. The number of aromatic nitrogens is 6. The van der Waals surface area contributed by atoms with E-state index >= 15 is 0 Å². The van der Waals surface area contributed by atoms with Crippen molar-refractivity contribution in [2.45, 2.75) is 51.6 Å². The number of carbonyl (C=O) groups excluding carboxylic acids is 1. The summed E-state index contributed by atoms with van der Waals surface area (Å²) in [4.78, 5) is 30.3. The molecule has 1 N–H and O–H groups in total. The van der Waals surface area contributed by atoms with Crippen LogP contribution in [0, 0.1) is 0 Å². The molecule has 6 rings (SSSR count). The zero-order chi connectivity index (χ0) is 21.8. The first-order valence-electron chi connectivity index (χ1n) is 10.9. The number of H-pyrrole nitrogens is 1. The first kappa shape index (κ1) is 19.0. The molecular formula is C23H23N7O2. The van der Waals surface area contributed by atoms with Gasteiger partial charge in [-0.05, 0) is 44.7 Å². The quantitative estimate of drug-likeness (QED) is 0.525. The van der Waals surface area contributed by atoms with E-state index < -0.39 is 0 Å². The van der Waals surface area contributed by atoms with Crippen molar-refractivity contribution in [2.24, 2.45) is 0 Å². The second-order valence-electron chi connectivity index (χ2n) is 8.55. The lowest BCUT2D eigenvalue weighted by Gasteiger charge is -2.35. The molecule has 1 aromatic carbocycles. The van der Waals surface area contributed by atoms with Crippen molar-refractivity contribution in [1.29, 1.82) is 0 Å². The van der Waals surface area contributed by atoms with Crippen molar-refractivity contribution in [2.75, 3.05) is 4.90 Å². The molecule has 1 saturated carbocycles. The minimum absolute atomic E-state index is 0.0212. The highest BCUT2D eigenvalue weighted by Crippen LogP contribution is 2.45. The van der Waals surface area contributed by atoms with Crippen LogP contribution in [0.4, 0.5) is 5.69 Å². The van der Waals surface area contributed by atoms with E-state index in [2.05, 4.69) is 38.2 Å². The van der Waals surface area contributed by atoms with Crippen molar-refractivity contribution in [3.05, 3.63) is 42.6 Å². The molecule has 162 valence electrons. The third-order valence-electron chi connectivity index (χ3n) is 6.27. The summed E-state index contributed by atoms with van der Waals surface area (Å²) in [5.41, 5.74) is 5.05. The van der Waals surface area contributed by atoms with Gasteiger partial charge in [0.15, 0.2) is 5.65 Å². The molecule has 3 aromatic heterocycles. The van der Waals surface area contributed by atoms with Gasteiger partial charge in [-0.2, -0.15) is 10.1 Å². The Kier molecular flexibility index (Phi) is 4.24. The van der Waals surface area contributed by atoms with E-state index in [1.165, 1.54) is 0 Å². The van der Waals surface area contributed by atoms with E-state index in [0.29, 0.717) is 17.4 Å². The summed E-state index contributed by atoms with van der Waals surface area (Å²) < 4.78 is 8.36. The number of nitrogens with zero attached hydrogens (tertiary/aromatic N) is 6. The van der Waals surface area contributed by atoms with Gasteiger partial charge in [0.1, 0.15) is 11.3 Å². The van der Waals surface area contributed by atoms with Crippen LogP contribution in [-0.2, 0) is 11.2 Å². The van der Waals surface area contributed by atoms with Gasteiger partial charge < -0.3 is 14.6 Å². The van der Waals surface area contributed by atoms with Gasteiger partial charge in [-0.15, -0.1) is 0 Å². The number of hydrogen-bond acceptors (Lipinski definition) is 6. The van der Waals surface area contributed by atoms with Gasteiger partial charge in [0.2, 0.25) is 5.91 Å². The highest BCUT2D eigenvalue weighted by atomic mass is 16.5. The molecule has 1 fully saturated rings. The van der Waals surface area contributed by atoms with Gasteiger partial charge in [0.25, 0.3) is 0 Å². The molecular weight excluding hydrogens is 406 g/mol. The highest BCUT2D eigenvalue weighted by molar-refractivity contribution is 5.95. The molecule has 1 amide bonds. The number of carbonyl (C=O) groups is 1. The Balaban J connectivity index is 1.50. The molecule has 0 saturated heterocycles. The fraction of sp³-hybridized carbons (Fsp3) is 0.348. The number of amides is 1. The molecule has 0 unspecified atom stereocenters. The molecule has 4 heterocycles. The zero-order valence-electron chi connectivity index (χ0n) is 17.9. The third kappa shape index (κ3) is 3.12. The summed E-state index contributed by atoms with van der Waals surface area (Å²) in [5.74, 6) is 0.693. The molecule has 1 atom stereocenters. The Morgan fingerprint density at radius 1 is 1.19 bits per heavy atom. The second-order valence-corrected chi connectivity index (χ2v) is 8.55. The molecule has 0 radical (unpaired) electrons. The Bertz CT molecular complexity index is 1340. The Morgan fingerprint density at radius 2 is 2.06 bits per heavy atom. The smallest absolute Gasteiger partial charge is 0.324 e. The largest absolute Gasteiger partial charge is 0.423 e. The SMILES string of the molecule is CC(=O)N1c2ccc(-c3cnn(C4CC4)c3)c(Oc3ncc4[nH]cnc4n3)c2CC[C@@H]1C. The molecule has 0 spiro atoms. The highest BCUT2D eigenvalue weighted by Gasteiger charge is 2.31. The summed E-state index contributed by atoms with van der Waals surface area (Å²) in [5, 5.41) is 4.56. The monoisotopic (exact) mass is 429 g/mol. The van der Waals surface area contributed by atoms with Crippen molar-refractivity contribution in [3.63, 3.8) is 0 Å². The van der Waals surface area contributed by atoms with Crippen molar-refractivity contribution in [3.8, 4) is 22.9 Å². The van der Waals surface area contributed by atoms with E-state index in [9.17, 15) is 4.79 Å². The Morgan fingerprint density at radius 3 is 2.88 bits per heavy atom. The van der Waals surface area contributed by atoms with Gasteiger partial charge in [0.05, 0.1) is 30.5 Å². The number of fused-ring (bicyclic) bond motifs is 2. The third-order valence-corrected chi connectivity index (χ3v) is 6.27. The lowest BCUT2D eigenvalue weighted by atomic mass is 9.92. The number of ether oxygens (including phenoxy) is 1. The standard InChI is InChI=1S/C23H23N7O2/c1-13-3-6-18-20(30(13)14(2)31)8-7-17(15-9-27-29(11-15)16-4-5-16)21(18)32-23-24-10-19-22(28-23)26-12-25-19/h7-13,16H,3-6H2,1-2H3,(H,24,25,26,28)/t13-/m0/s1. The molecule has 0 bridgehead atoms. The minimum atomic E-state index is 0.0212. The zero-order valence-corrected chi connectivity index (χ0v) is 17.9. The summed E-state index contributed by atoms with van der Waals surface area (Å²) >= 11 is 0. The maximum Gasteiger partial charge on any atom is 0.324 e. The summed E-state index contributed by atoms with van der Waals surface area (Å²) in [7, 11) is 0. The van der Waals surface area contributed by atoms with E-state index in [1.807, 2.05) is 27.9 Å². The Hall–Kier alpha value is -3.75. The fourth-order valence-electron chi connectivity index (χ4n) is 4.51. The normalized spacial score (nSPS) is 18.1. The summed E-state index contributed by atoms with van der Waals surface area (Å²) in [6.07, 6.45) is 11.2. The molecule has 1 aliphatic carbocycles. The van der Waals surface area contributed by atoms with Crippen LogP contribution in [0.2, 0.25) is 0 Å². The van der Waals surface area contributed by atoms with E-state index in [4.69, 9.17) is 4.74 Å². The maximum absolute atomic E-state index is 12.4. The van der Waals surface area contributed by atoms with Crippen molar-refractivity contribution in [1.82, 2.24) is 29.7 Å². The van der Waals surface area contributed by atoms with Gasteiger partial charge in [-0.25, -0.2) is 9.97 Å². The number of aromatic amines is 1. The number of anilines is 1. The molecule has 4 aromatic rings. The molecule has 32 heavy (non-hydrogen) atoms. The van der Waals surface area contributed by atoms with E-state index in [0.717, 1.165) is 53.6 Å². The predicted octanol–water partition coefficient (Wildman–Crippen LogP) is 4.03. The average molecular weight is 429 g/mol. The second kappa shape index (κ2) is 7.15. The predicted molar refractivity (Wildman–Crippen MR) is 119 cm³/mol. The first-order valence-corrected chi connectivity index (χ1v) is 10.9. The van der Waals surface area contributed by atoms with Crippen molar-refractivity contribution >= 4 is 22.8 Å². The average Bonchev–Trinajstić information content (AvgIpc) is 3.32. The van der Waals surface area contributed by atoms with Gasteiger partial charge in [0, 0.05) is 35.9 Å². The maximum atomic E-state index is 12.4. The van der Waals surface area contributed by atoms with Crippen LogP contribution in [0.25, 0.3) is 22.3 Å². The molecule has 1 aliphatic heterocycles. The first-order chi connectivity index (χ1) is 15.6. The van der Waals surface area contributed by atoms with Crippen LogP contribution in [0.3, 0.4) is 0 Å². The topological polar surface area (TPSA) is 102 Å². The molecule has 9 heteroatoms. The van der Waals surface area contributed by atoms with Crippen LogP contribution < -0.4 is 9.64 Å². The fourth-order valence-corrected chi connectivity index (χ4v) is 4.51. The summed E-state index contributed by atoms with van der Waals surface area (Å²) in [6, 6.07) is 4.87. The molecule has 2 aliphatic rings. The van der Waals surface area contributed by atoms with Crippen LogP contribution >= 0.6 is 0 Å². The van der Waals surface area contributed by atoms with Crippen molar-refractivity contribution < 1.29 is 9.53 Å². The summed E-state index contributed by atoms with van der Waals surface area (Å²) in [6.45, 7) is 3.68. The van der Waals surface area contributed by atoms with Gasteiger partial charge in [-0.3, -0.25) is 9.48 Å². The lowest BCUT2D eigenvalue weighted by molar-refractivity contribution is -0.117. The lowest BCUT2D eigenvalue weighted by Crippen LogP contribution is -2.40. The molecule has 9 nitrogen and oxygen atoms in total. The van der Waals surface area contributed by atoms with E-state index in [1.54, 1.807) is 19.4 Å². The van der Waals surface area contributed by atoms with Gasteiger partial charge in [-0.1, -0.05) is 0 Å². The number of rotatable bonds is 4. The van der Waals surface area contributed by atoms with Crippen LogP contribution in [0.15, 0.2) is 37.1 Å². The van der Waals surface area contributed by atoms with Crippen LogP contribution in [0.5, 0.6) is 11.8 Å². The van der Waals surface area contributed by atoms with Crippen LogP contribution in [-0.4, -0.2) is 41.7 Å². The Labute approximate surface area is 184 Å². The minimum Gasteiger partial charge on any atom is -0.423 e. The van der Waals surface area contributed by atoms with E-state index in [-0.39, 0.29) is 18.0 Å². The number of imidazole rings is 1. The van der Waals surface area contributed by atoms with Crippen LogP contribution in [0.1, 0.15) is 44.7 Å². The number of nitrogens with one attached hydrogen (secondary N) is 1. The number of benzene rings is 1. The van der Waals surface area contributed by atoms with Gasteiger partial charge >= 0.3 is 6.01 Å².